The van der Waals surface area contributed by atoms with Crippen molar-refractivity contribution in [1.82, 2.24) is 9.80 Å². The molecule has 3 aromatic carbocycles. The van der Waals surface area contributed by atoms with Crippen molar-refractivity contribution in [3.8, 4) is 5.75 Å². The van der Waals surface area contributed by atoms with E-state index in [2.05, 4.69) is 4.72 Å². The Bertz CT molecular complexity index is 1550. The van der Waals surface area contributed by atoms with E-state index in [0.29, 0.717) is 41.5 Å². The molecule has 0 aromatic heterocycles. The van der Waals surface area contributed by atoms with Gasteiger partial charge in [-0.3, -0.25) is 14.4 Å². The number of anilines is 1. The molecule has 0 aliphatic carbocycles. The smallest absolute Gasteiger partial charge is 0.416 e. The Hall–Kier alpha value is -3.32. The second-order valence-corrected chi connectivity index (χ2v) is 13.3. The van der Waals surface area contributed by atoms with Crippen LogP contribution in [0.2, 0.25) is 5.02 Å². The zero-order valence-corrected chi connectivity index (χ0v) is 26.1. The molecule has 44 heavy (non-hydrogen) atoms. The monoisotopic (exact) mass is 653 g/mol. The molecule has 0 unspecified atom stereocenters. The number of fused-ring (bicyclic) bond motifs is 1. The van der Waals surface area contributed by atoms with Crippen LogP contribution >= 0.6 is 11.6 Å². The van der Waals surface area contributed by atoms with Gasteiger partial charge in [0.15, 0.2) is 0 Å². The number of likely N-dealkylation sites (N-methyl/N-ethyl adjacent to an activating group) is 1. The minimum Gasteiger partial charge on any atom is -0.488 e. The highest BCUT2D eigenvalue weighted by molar-refractivity contribution is 7.92. The molecule has 3 atom stereocenters. The molecule has 0 saturated carbocycles. The lowest BCUT2D eigenvalue weighted by molar-refractivity contribution is -0.137. The van der Waals surface area contributed by atoms with Crippen molar-refractivity contribution >= 4 is 33.2 Å². The maximum absolute atomic E-state index is 13.5. The van der Waals surface area contributed by atoms with Gasteiger partial charge >= 0.3 is 6.18 Å². The Morgan fingerprint density at radius 2 is 1.77 bits per heavy atom. The maximum Gasteiger partial charge on any atom is 0.416 e. The maximum atomic E-state index is 13.5. The number of hydrogen-bond donors (Lipinski definition) is 2. The van der Waals surface area contributed by atoms with E-state index < -0.39 is 33.9 Å². The molecule has 4 rings (SSSR count). The summed E-state index contributed by atoms with van der Waals surface area (Å²) in [6.45, 7) is 4.46. The van der Waals surface area contributed by atoms with E-state index in [0.717, 1.165) is 12.1 Å². The third-order valence-corrected chi connectivity index (χ3v) is 9.17. The van der Waals surface area contributed by atoms with E-state index in [9.17, 15) is 31.5 Å². The first-order valence-corrected chi connectivity index (χ1v) is 15.9. The highest BCUT2D eigenvalue weighted by Crippen LogP contribution is 2.31. The minimum atomic E-state index is -4.41. The van der Waals surface area contributed by atoms with Crippen molar-refractivity contribution in [2.45, 2.75) is 50.0 Å². The Morgan fingerprint density at radius 3 is 2.39 bits per heavy atom. The molecule has 238 valence electrons. The summed E-state index contributed by atoms with van der Waals surface area (Å²) < 4.78 is 74.0. The lowest BCUT2D eigenvalue weighted by Crippen LogP contribution is -2.47. The van der Waals surface area contributed by atoms with Crippen molar-refractivity contribution in [2.75, 3.05) is 31.5 Å². The van der Waals surface area contributed by atoms with Crippen LogP contribution in [0.1, 0.15) is 30.5 Å². The van der Waals surface area contributed by atoms with Crippen LogP contribution < -0.4 is 9.46 Å². The van der Waals surface area contributed by atoms with Crippen LogP contribution in [0.25, 0.3) is 0 Å². The Morgan fingerprint density at radius 1 is 1.11 bits per heavy atom. The van der Waals surface area contributed by atoms with Gasteiger partial charge in [0.05, 0.1) is 29.5 Å². The number of sulfonamides is 1. The van der Waals surface area contributed by atoms with E-state index in [1.54, 1.807) is 30.0 Å². The molecular formula is C31H35ClF3N3O5S. The largest absolute Gasteiger partial charge is 0.488 e. The van der Waals surface area contributed by atoms with Crippen LogP contribution in [0.15, 0.2) is 71.6 Å². The Kier molecular flexibility index (Phi) is 10.5. The highest BCUT2D eigenvalue weighted by Gasteiger charge is 2.32. The summed E-state index contributed by atoms with van der Waals surface area (Å²) in [5.41, 5.74) is 0.678. The zero-order valence-electron chi connectivity index (χ0n) is 24.5. The van der Waals surface area contributed by atoms with Gasteiger partial charge < -0.3 is 14.7 Å². The van der Waals surface area contributed by atoms with E-state index in [-0.39, 0.29) is 35.4 Å². The van der Waals surface area contributed by atoms with Gasteiger partial charge in [0, 0.05) is 41.8 Å². The van der Waals surface area contributed by atoms with E-state index in [1.807, 2.05) is 18.9 Å². The molecule has 0 saturated heterocycles. The standard InChI is InChI=1S/C31H35ClF3N3O5S/c1-20-16-38(21(2)19-39)30(40)15-23-14-26(36-44(41,42)27-11-8-25(32)9-12-27)10-13-28(23)43-29(20)18-37(3)17-22-4-6-24(7-5-22)31(33,34)35/h4-14,20-21,29,36,39H,15-19H2,1-3H3/t20-,21+,29-/m0/s1. The number of halogens is 4. The van der Waals surface area contributed by atoms with E-state index in [1.165, 1.54) is 36.4 Å². The first kappa shape index (κ1) is 33.6. The van der Waals surface area contributed by atoms with Gasteiger partial charge in [0.2, 0.25) is 5.91 Å². The summed E-state index contributed by atoms with van der Waals surface area (Å²) in [5.74, 6) is -0.0390. The van der Waals surface area contributed by atoms with Gasteiger partial charge in [-0.15, -0.1) is 0 Å². The fraction of sp³-hybridized carbons (Fsp3) is 0.387. The van der Waals surface area contributed by atoms with Crippen LogP contribution in [0.5, 0.6) is 5.75 Å². The summed E-state index contributed by atoms with van der Waals surface area (Å²) in [4.78, 5) is 17.0. The molecule has 0 spiro atoms. The number of aliphatic hydroxyl groups excluding tert-OH is 1. The summed E-state index contributed by atoms with van der Waals surface area (Å²) in [7, 11) is -2.12. The molecule has 1 amide bonds. The fourth-order valence-electron chi connectivity index (χ4n) is 5.02. The van der Waals surface area contributed by atoms with Crippen LogP contribution in [-0.4, -0.2) is 68.1 Å². The van der Waals surface area contributed by atoms with Gasteiger partial charge in [0.1, 0.15) is 11.9 Å². The van der Waals surface area contributed by atoms with Crippen LogP contribution in [0.4, 0.5) is 18.9 Å². The van der Waals surface area contributed by atoms with Crippen molar-refractivity contribution < 1.29 is 36.2 Å². The van der Waals surface area contributed by atoms with Crippen LogP contribution in [-0.2, 0) is 34.0 Å². The molecule has 0 bridgehead atoms. The average Bonchev–Trinajstić information content (AvgIpc) is 3.00. The molecule has 1 aliphatic heterocycles. The number of benzene rings is 3. The van der Waals surface area contributed by atoms with E-state index >= 15 is 0 Å². The van der Waals surface area contributed by atoms with Crippen LogP contribution in [0.3, 0.4) is 0 Å². The number of carbonyl (C=O) groups is 1. The molecule has 3 aromatic rings. The number of amides is 1. The van der Waals surface area contributed by atoms with Gasteiger partial charge in [-0.1, -0.05) is 30.7 Å². The summed E-state index contributed by atoms with van der Waals surface area (Å²) in [6, 6.07) is 15.0. The van der Waals surface area contributed by atoms with Crippen molar-refractivity contribution in [3.63, 3.8) is 0 Å². The topological polar surface area (TPSA) is 99.2 Å². The van der Waals surface area contributed by atoms with Crippen LogP contribution in [0, 0.1) is 5.92 Å². The predicted molar refractivity (Wildman–Crippen MR) is 162 cm³/mol. The number of ether oxygens (including phenoxy) is 1. The van der Waals surface area contributed by atoms with Gasteiger partial charge in [-0.05, 0) is 74.1 Å². The third kappa shape index (κ3) is 8.44. The minimum absolute atomic E-state index is 0.0192. The molecule has 2 N–H and O–H groups in total. The highest BCUT2D eigenvalue weighted by atomic mass is 35.5. The van der Waals surface area contributed by atoms with Crippen molar-refractivity contribution in [2.24, 2.45) is 5.92 Å². The lowest BCUT2D eigenvalue weighted by atomic mass is 10.0. The molecule has 0 radical (unpaired) electrons. The summed E-state index contributed by atoms with van der Waals surface area (Å²) in [6.07, 6.45) is -4.95. The zero-order chi connectivity index (χ0) is 32.2. The van der Waals surface area contributed by atoms with E-state index in [4.69, 9.17) is 16.3 Å². The summed E-state index contributed by atoms with van der Waals surface area (Å²) in [5, 5.41) is 10.3. The molecule has 0 fully saturated rings. The average molecular weight is 654 g/mol. The summed E-state index contributed by atoms with van der Waals surface area (Å²) >= 11 is 5.89. The second-order valence-electron chi connectivity index (χ2n) is 11.2. The number of hydrogen-bond acceptors (Lipinski definition) is 6. The molecule has 1 heterocycles. The second kappa shape index (κ2) is 13.8. The molecule has 13 heteroatoms. The lowest BCUT2D eigenvalue weighted by Gasteiger charge is -2.34. The number of aliphatic hydroxyl groups is 1. The van der Waals surface area contributed by atoms with Gasteiger partial charge in [-0.25, -0.2) is 8.42 Å². The van der Waals surface area contributed by atoms with Crippen molar-refractivity contribution in [3.05, 3.63) is 88.4 Å². The number of alkyl halides is 3. The quantitative estimate of drug-likeness (QED) is 0.319. The Balaban J connectivity index is 1.60. The molecular weight excluding hydrogens is 619 g/mol. The number of nitrogens with zero attached hydrogens (tertiary/aromatic N) is 2. The number of carbonyl (C=O) groups excluding carboxylic acids is 1. The predicted octanol–water partition coefficient (Wildman–Crippen LogP) is 5.44. The van der Waals surface area contributed by atoms with Gasteiger partial charge in [-0.2, -0.15) is 13.2 Å². The normalized spacial score (nSPS) is 18.6. The fourth-order valence-corrected chi connectivity index (χ4v) is 6.20. The SMILES string of the molecule is C[C@H](CO)N1C[C@H](C)[C@H](CN(C)Cc2ccc(C(F)(F)F)cc2)Oc2ccc(NS(=O)(=O)c3ccc(Cl)cc3)cc2CC1=O. The first-order valence-electron chi connectivity index (χ1n) is 14.0. The Labute approximate surface area is 260 Å². The van der Waals surface area contributed by atoms with Crippen molar-refractivity contribution in [1.29, 1.82) is 0 Å². The number of rotatable bonds is 9. The first-order chi connectivity index (χ1) is 20.7. The number of nitrogens with one attached hydrogen (secondary N) is 1. The molecule has 1 aliphatic rings. The van der Waals surface area contributed by atoms with Gasteiger partial charge in [0.25, 0.3) is 10.0 Å². The third-order valence-electron chi connectivity index (χ3n) is 7.52. The molecule has 8 nitrogen and oxygen atoms in total.